The lowest BCUT2D eigenvalue weighted by atomic mass is 9.89. The van der Waals surface area contributed by atoms with Crippen LogP contribution in [0.1, 0.15) is 17.0 Å². The Labute approximate surface area is 162 Å². The molecule has 0 fully saturated rings. The van der Waals surface area contributed by atoms with Crippen molar-refractivity contribution in [2.75, 3.05) is 18.1 Å². The van der Waals surface area contributed by atoms with E-state index in [0.29, 0.717) is 24.6 Å². The van der Waals surface area contributed by atoms with Crippen LogP contribution in [-0.4, -0.2) is 24.0 Å². The molecule has 0 aliphatic carbocycles. The fourth-order valence-corrected chi connectivity index (χ4v) is 3.47. The zero-order valence-corrected chi connectivity index (χ0v) is 15.0. The number of carbonyl (C=O) groups is 1. The molecule has 3 aromatic rings. The molecule has 0 saturated carbocycles. The quantitative estimate of drug-likeness (QED) is 0.508. The van der Waals surface area contributed by atoms with Crippen LogP contribution in [0.4, 0.5) is 11.4 Å². The lowest BCUT2D eigenvalue weighted by Gasteiger charge is -2.32. The van der Waals surface area contributed by atoms with E-state index in [9.17, 15) is 14.9 Å². The Morgan fingerprint density at radius 1 is 0.964 bits per heavy atom. The molecule has 0 spiro atoms. The van der Waals surface area contributed by atoms with Gasteiger partial charge in [-0.1, -0.05) is 60.7 Å². The van der Waals surface area contributed by atoms with Crippen molar-refractivity contribution in [1.29, 1.82) is 0 Å². The lowest BCUT2D eigenvalue weighted by molar-refractivity contribution is -0.384. The van der Waals surface area contributed by atoms with Gasteiger partial charge in [-0.05, 0) is 17.2 Å². The zero-order valence-electron chi connectivity index (χ0n) is 15.0. The van der Waals surface area contributed by atoms with Gasteiger partial charge in [0.2, 0.25) is 5.91 Å². The first kappa shape index (κ1) is 17.7. The van der Waals surface area contributed by atoms with E-state index in [0.717, 1.165) is 11.1 Å². The van der Waals surface area contributed by atoms with Gasteiger partial charge in [0.1, 0.15) is 12.4 Å². The minimum Gasteiger partial charge on any atom is -0.490 e. The molecule has 4 rings (SSSR count). The molecular weight excluding hydrogens is 356 g/mol. The van der Waals surface area contributed by atoms with Gasteiger partial charge in [0.25, 0.3) is 5.69 Å². The van der Waals surface area contributed by atoms with Crippen molar-refractivity contribution in [1.82, 2.24) is 0 Å². The predicted octanol–water partition coefficient (Wildman–Crippen LogP) is 4.15. The topological polar surface area (TPSA) is 72.7 Å². The normalized spacial score (nSPS) is 13.0. The average molecular weight is 374 g/mol. The van der Waals surface area contributed by atoms with Crippen LogP contribution in [0.15, 0.2) is 78.9 Å². The van der Waals surface area contributed by atoms with E-state index in [1.165, 1.54) is 12.1 Å². The highest BCUT2D eigenvalue weighted by Gasteiger charge is 2.32. The highest BCUT2D eigenvalue weighted by atomic mass is 16.6. The Morgan fingerprint density at radius 3 is 2.14 bits per heavy atom. The van der Waals surface area contributed by atoms with Gasteiger partial charge < -0.3 is 9.64 Å². The Bertz CT molecular complexity index is 966. The van der Waals surface area contributed by atoms with Gasteiger partial charge in [0.05, 0.1) is 23.1 Å². The summed E-state index contributed by atoms with van der Waals surface area (Å²) in [4.78, 5) is 26.0. The molecule has 0 saturated heterocycles. The molecule has 0 aromatic heterocycles. The molecule has 1 aliphatic rings. The zero-order chi connectivity index (χ0) is 19.5. The maximum Gasteiger partial charge on any atom is 0.271 e. The molecule has 0 atom stereocenters. The first-order valence-electron chi connectivity index (χ1n) is 8.97. The van der Waals surface area contributed by atoms with Gasteiger partial charge >= 0.3 is 0 Å². The molecule has 0 N–H and O–H groups in total. The van der Waals surface area contributed by atoms with Crippen molar-refractivity contribution in [3.05, 3.63) is 100 Å². The summed E-state index contributed by atoms with van der Waals surface area (Å²) in [6.45, 7) is 0.677. The number of carbonyl (C=O) groups excluding carboxylic acids is 1. The lowest BCUT2D eigenvalue weighted by Crippen LogP contribution is -2.41. The van der Waals surface area contributed by atoms with Crippen molar-refractivity contribution in [3.8, 4) is 5.75 Å². The van der Waals surface area contributed by atoms with Crippen molar-refractivity contribution >= 4 is 17.3 Å². The Kier molecular flexibility index (Phi) is 4.76. The third kappa shape index (κ3) is 3.32. The average Bonchev–Trinajstić information content (AvgIpc) is 2.74. The number of anilines is 1. The number of nitro groups is 1. The number of ether oxygens (including phenoxy) is 1. The third-order valence-electron chi connectivity index (χ3n) is 4.80. The molecule has 1 amide bonds. The van der Waals surface area contributed by atoms with E-state index in [2.05, 4.69) is 0 Å². The molecule has 28 heavy (non-hydrogen) atoms. The molecule has 6 nitrogen and oxygen atoms in total. The number of amides is 1. The van der Waals surface area contributed by atoms with Gasteiger partial charge in [-0.2, -0.15) is 0 Å². The van der Waals surface area contributed by atoms with E-state index in [1.807, 2.05) is 60.7 Å². The number of non-ortho nitro benzene ring substituents is 1. The smallest absolute Gasteiger partial charge is 0.271 e. The molecule has 3 aromatic carbocycles. The summed E-state index contributed by atoms with van der Waals surface area (Å²) < 4.78 is 5.61. The second-order valence-electron chi connectivity index (χ2n) is 6.50. The summed E-state index contributed by atoms with van der Waals surface area (Å²) in [5, 5.41) is 11.2. The molecule has 1 heterocycles. The number of hydrogen-bond acceptors (Lipinski definition) is 4. The van der Waals surface area contributed by atoms with Crippen molar-refractivity contribution in [3.63, 3.8) is 0 Å². The summed E-state index contributed by atoms with van der Waals surface area (Å²) >= 11 is 0. The molecule has 0 bridgehead atoms. The first-order chi connectivity index (χ1) is 13.6. The van der Waals surface area contributed by atoms with Crippen LogP contribution in [0.25, 0.3) is 0 Å². The number of nitrogens with zero attached hydrogens (tertiary/aromatic N) is 2. The van der Waals surface area contributed by atoms with Gasteiger partial charge in [-0.15, -0.1) is 0 Å². The molecule has 1 aliphatic heterocycles. The SMILES string of the molecule is O=C(C(c1ccccc1)c1ccccc1)N1CCOc2ccc([N+](=O)[O-])cc21. The summed E-state index contributed by atoms with van der Waals surface area (Å²) in [5.41, 5.74) is 2.11. The van der Waals surface area contributed by atoms with Crippen LogP contribution < -0.4 is 9.64 Å². The van der Waals surface area contributed by atoms with Crippen molar-refractivity contribution in [2.45, 2.75) is 5.92 Å². The Hall–Kier alpha value is -3.67. The van der Waals surface area contributed by atoms with E-state index < -0.39 is 10.8 Å². The van der Waals surface area contributed by atoms with Gasteiger partial charge in [-0.3, -0.25) is 14.9 Å². The fraction of sp³-hybridized carbons (Fsp3) is 0.136. The van der Waals surface area contributed by atoms with Crippen LogP contribution in [-0.2, 0) is 4.79 Å². The minimum atomic E-state index is -0.507. The van der Waals surface area contributed by atoms with Crippen LogP contribution in [0.5, 0.6) is 5.75 Å². The van der Waals surface area contributed by atoms with Gasteiger partial charge in [0, 0.05) is 12.1 Å². The van der Waals surface area contributed by atoms with Crippen molar-refractivity contribution < 1.29 is 14.5 Å². The highest BCUT2D eigenvalue weighted by molar-refractivity contribution is 6.01. The molecule has 0 radical (unpaired) electrons. The van der Waals surface area contributed by atoms with Crippen LogP contribution in [0.3, 0.4) is 0 Å². The Balaban J connectivity index is 1.79. The van der Waals surface area contributed by atoms with Crippen LogP contribution in [0, 0.1) is 10.1 Å². The first-order valence-corrected chi connectivity index (χ1v) is 8.97. The largest absolute Gasteiger partial charge is 0.490 e. The number of hydrogen-bond donors (Lipinski definition) is 0. The standard InChI is InChI=1S/C22H18N2O4/c25-22(21(16-7-3-1-4-8-16)17-9-5-2-6-10-17)23-13-14-28-20-12-11-18(24(26)27)15-19(20)23/h1-12,15,21H,13-14H2. The summed E-state index contributed by atoms with van der Waals surface area (Å²) in [6, 6.07) is 23.4. The number of nitro benzene ring substituents is 1. The highest BCUT2D eigenvalue weighted by Crippen LogP contribution is 2.37. The molecule has 6 heteroatoms. The van der Waals surface area contributed by atoms with Gasteiger partial charge in [-0.25, -0.2) is 0 Å². The summed E-state index contributed by atoms with van der Waals surface area (Å²) in [5.74, 6) is -0.167. The molecule has 0 unspecified atom stereocenters. The van der Waals surface area contributed by atoms with Crippen molar-refractivity contribution in [2.24, 2.45) is 0 Å². The van der Waals surface area contributed by atoms with Crippen LogP contribution >= 0.6 is 0 Å². The number of fused-ring (bicyclic) bond motifs is 1. The maximum atomic E-state index is 13.6. The monoisotopic (exact) mass is 374 g/mol. The van der Waals surface area contributed by atoms with E-state index in [4.69, 9.17) is 4.74 Å². The number of benzene rings is 3. The van der Waals surface area contributed by atoms with Crippen LogP contribution in [0.2, 0.25) is 0 Å². The summed E-state index contributed by atoms with van der Waals surface area (Å²) in [7, 11) is 0. The second-order valence-corrected chi connectivity index (χ2v) is 6.50. The second kappa shape index (κ2) is 7.52. The fourth-order valence-electron chi connectivity index (χ4n) is 3.47. The summed E-state index contributed by atoms with van der Waals surface area (Å²) in [6.07, 6.45) is 0. The maximum absolute atomic E-state index is 13.6. The van der Waals surface area contributed by atoms with Gasteiger partial charge in [0.15, 0.2) is 0 Å². The van der Waals surface area contributed by atoms with E-state index >= 15 is 0 Å². The molecular formula is C22H18N2O4. The van der Waals surface area contributed by atoms with E-state index in [1.54, 1.807) is 11.0 Å². The Morgan fingerprint density at radius 2 is 1.57 bits per heavy atom. The predicted molar refractivity (Wildman–Crippen MR) is 106 cm³/mol. The third-order valence-corrected chi connectivity index (χ3v) is 4.80. The minimum absolute atomic E-state index is 0.0713. The molecule has 140 valence electrons. The van der Waals surface area contributed by atoms with E-state index in [-0.39, 0.29) is 11.6 Å². The number of rotatable bonds is 4.